The molecule has 0 atom stereocenters. The van der Waals surface area contributed by atoms with Crippen LogP contribution in [0.3, 0.4) is 0 Å². The number of amides is 2. The van der Waals surface area contributed by atoms with Gasteiger partial charge in [0.25, 0.3) is 11.8 Å². The Morgan fingerprint density at radius 3 is 2.60 bits per heavy atom. The summed E-state index contributed by atoms with van der Waals surface area (Å²) in [4.78, 5) is 26.8. The Morgan fingerprint density at radius 2 is 2.05 bits per heavy atom. The Hall–Kier alpha value is -2.61. The van der Waals surface area contributed by atoms with Crippen molar-refractivity contribution in [3.05, 3.63) is 40.5 Å². The Labute approximate surface area is 118 Å². The van der Waals surface area contributed by atoms with Crippen molar-refractivity contribution in [2.24, 2.45) is 11.5 Å². The summed E-state index contributed by atoms with van der Waals surface area (Å²) in [7, 11) is 0. The lowest BCUT2D eigenvalue weighted by Crippen LogP contribution is -2.16. The SMILES string of the molecule is NC(=O)c1sc(NCc2cccnc2)c(C(N)=O)c1N. The molecule has 0 spiro atoms. The van der Waals surface area contributed by atoms with E-state index in [9.17, 15) is 9.59 Å². The number of hydrogen-bond donors (Lipinski definition) is 4. The van der Waals surface area contributed by atoms with Gasteiger partial charge in [0.15, 0.2) is 0 Å². The molecule has 0 radical (unpaired) electrons. The van der Waals surface area contributed by atoms with Gasteiger partial charge in [0.05, 0.1) is 11.3 Å². The van der Waals surface area contributed by atoms with E-state index in [-0.39, 0.29) is 16.1 Å². The van der Waals surface area contributed by atoms with Crippen LogP contribution < -0.4 is 22.5 Å². The summed E-state index contributed by atoms with van der Waals surface area (Å²) in [6.45, 7) is 0.423. The molecule has 104 valence electrons. The van der Waals surface area contributed by atoms with Crippen LogP contribution >= 0.6 is 11.3 Å². The van der Waals surface area contributed by atoms with Crippen LogP contribution in [0.5, 0.6) is 0 Å². The van der Waals surface area contributed by atoms with Crippen LogP contribution in [0.4, 0.5) is 10.7 Å². The van der Waals surface area contributed by atoms with Crippen molar-refractivity contribution in [2.45, 2.75) is 6.54 Å². The van der Waals surface area contributed by atoms with Crippen molar-refractivity contribution < 1.29 is 9.59 Å². The molecule has 20 heavy (non-hydrogen) atoms. The number of hydrogen-bond acceptors (Lipinski definition) is 6. The summed E-state index contributed by atoms with van der Waals surface area (Å²) in [5.74, 6) is -1.40. The summed E-state index contributed by atoms with van der Waals surface area (Å²) in [6, 6.07) is 3.67. The highest BCUT2D eigenvalue weighted by Gasteiger charge is 2.22. The number of rotatable bonds is 5. The van der Waals surface area contributed by atoms with E-state index in [1.54, 1.807) is 18.5 Å². The van der Waals surface area contributed by atoms with Gasteiger partial charge < -0.3 is 22.5 Å². The third-order valence-electron chi connectivity index (χ3n) is 2.59. The lowest BCUT2D eigenvalue weighted by molar-refractivity contribution is 0.0999. The van der Waals surface area contributed by atoms with Gasteiger partial charge in [0, 0.05) is 18.9 Å². The minimum atomic E-state index is -0.708. The molecule has 0 unspecified atom stereocenters. The van der Waals surface area contributed by atoms with Crippen LogP contribution in [0.25, 0.3) is 0 Å². The van der Waals surface area contributed by atoms with Gasteiger partial charge >= 0.3 is 0 Å². The van der Waals surface area contributed by atoms with Gasteiger partial charge in [0.1, 0.15) is 9.88 Å². The Morgan fingerprint density at radius 1 is 1.30 bits per heavy atom. The number of primary amides is 2. The molecule has 0 saturated carbocycles. The van der Waals surface area contributed by atoms with E-state index in [4.69, 9.17) is 17.2 Å². The average Bonchev–Trinajstić information content (AvgIpc) is 2.75. The molecule has 7 N–H and O–H groups in total. The number of nitrogens with two attached hydrogens (primary N) is 3. The highest BCUT2D eigenvalue weighted by atomic mass is 32.1. The predicted octanol–water partition coefficient (Wildman–Crippen LogP) is 0.535. The second-order valence-corrected chi connectivity index (χ2v) is 5.01. The standard InChI is InChI=1S/C12H13N5O2S/c13-8-7(10(14)18)12(20-9(8)11(15)19)17-5-6-2-1-3-16-4-6/h1-4,17H,5,13H2,(H2,14,18)(H2,15,19). The molecule has 0 aliphatic rings. The van der Waals surface area contributed by atoms with Crippen molar-refractivity contribution in [1.29, 1.82) is 0 Å². The number of thiophene rings is 1. The molecular weight excluding hydrogens is 278 g/mol. The van der Waals surface area contributed by atoms with Crippen LogP contribution in [-0.4, -0.2) is 16.8 Å². The molecule has 0 aliphatic carbocycles. The van der Waals surface area contributed by atoms with E-state index in [0.29, 0.717) is 11.5 Å². The Bertz CT molecular complexity index is 653. The lowest BCUT2D eigenvalue weighted by Gasteiger charge is -2.05. The summed E-state index contributed by atoms with van der Waals surface area (Å²) < 4.78 is 0. The number of nitrogens with zero attached hydrogens (tertiary/aromatic N) is 1. The predicted molar refractivity (Wildman–Crippen MR) is 77.3 cm³/mol. The number of nitrogens with one attached hydrogen (secondary N) is 1. The zero-order chi connectivity index (χ0) is 14.7. The van der Waals surface area contributed by atoms with E-state index in [1.165, 1.54) is 0 Å². The summed E-state index contributed by atoms with van der Waals surface area (Å²) in [6.07, 6.45) is 3.34. The van der Waals surface area contributed by atoms with Crippen LogP contribution in [0.1, 0.15) is 25.6 Å². The second-order valence-electron chi connectivity index (χ2n) is 3.99. The molecule has 0 aliphatic heterocycles. The third kappa shape index (κ3) is 2.69. The molecular formula is C12H13N5O2S. The van der Waals surface area contributed by atoms with E-state index in [2.05, 4.69) is 10.3 Å². The molecule has 8 heteroatoms. The van der Waals surface area contributed by atoms with Gasteiger partial charge in [-0.3, -0.25) is 14.6 Å². The first-order valence-corrected chi connectivity index (χ1v) is 6.47. The first-order valence-electron chi connectivity index (χ1n) is 5.65. The fourth-order valence-electron chi connectivity index (χ4n) is 1.68. The highest BCUT2D eigenvalue weighted by Crippen LogP contribution is 2.35. The zero-order valence-corrected chi connectivity index (χ0v) is 11.2. The minimum Gasteiger partial charge on any atom is -0.397 e. The fraction of sp³-hybridized carbons (Fsp3) is 0.0833. The van der Waals surface area contributed by atoms with Crippen LogP contribution in [0.15, 0.2) is 24.5 Å². The number of anilines is 2. The van der Waals surface area contributed by atoms with Gasteiger partial charge in [-0.15, -0.1) is 11.3 Å². The van der Waals surface area contributed by atoms with Gasteiger partial charge in [-0.05, 0) is 11.6 Å². The topological polar surface area (TPSA) is 137 Å². The van der Waals surface area contributed by atoms with Crippen molar-refractivity contribution in [3.8, 4) is 0 Å². The smallest absolute Gasteiger partial charge is 0.260 e. The molecule has 2 heterocycles. The van der Waals surface area contributed by atoms with Crippen LogP contribution in [0.2, 0.25) is 0 Å². The number of carbonyl (C=O) groups is 2. The van der Waals surface area contributed by atoms with Gasteiger partial charge in [-0.1, -0.05) is 6.07 Å². The molecule has 2 rings (SSSR count). The number of carbonyl (C=O) groups excluding carboxylic acids is 2. The maximum atomic E-state index is 11.4. The molecule has 0 fully saturated rings. The first kappa shape index (κ1) is 13.8. The van der Waals surface area contributed by atoms with Gasteiger partial charge in [-0.25, -0.2) is 0 Å². The molecule has 2 aromatic heterocycles. The normalized spacial score (nSPS) is 10.2. The molecule has 0 aromatic carbocycles. The number of nitrogen functional groups attached to an aromatic ring is 1. The average molecular weight is 291 g/mol. The third-order valence-corrected chi connectivity index (χ3v) is 3.77. The quantitative estimate of drug-likeness (QED) is 0.637. The van der Waals surface area contributed by atoms with E-state index in [1.807, 2.05) is 6.07 Å². The summed E-state index contributed by atoms with van der Waals surface area (Å²) >= 11 is 1.01. The maximum absolute atomic E-state index is 11.4. The monoisotopic (exact) mass is 291 g/mol. The Balaban J connectivity index is 2.29. The molecule has 0 bridgehead atoms. The summed E-state index contributed by atoms with van der Waals surface area (Å²) in [5.41, 5.74) is 17.2. The Kier molecular flexibility index (Phi) is 3.85. The molecule has 2 amide bonds. The highest BCUT2D eigenvalue weighted by molar-refractivity contribution is 7.19. The largest absolute Gasteiger partial charge is 0.397 e. The fourth-order valence-corrected chi connectivity index (χ4v) is 2.65. The van der Waals surface area contributed by atoms with Crippen molar-refractivity contribution in [2.75, 3.05) is 11.1 Å². The number of aromatic nitrogens is 1. The first-order chi connectivity index (χ1) is 9.50. The zero-order valence-electron chi connectivity index (χ0n) is 10.4. The maximum Gasteiger partial charge on any atom is 0.260 e. The van der Waals surface area contributed by atoms with Crippen molar-refractivity contribution >= 4 is 33.8 Å². The number of pyridine rings is 1. The van der Waals surface area contributed by atoms with Crippen LogP contribution in [0, 0.1) is 0 Å². The van der Waals surface area contributed by atoms with E-state index in [0.717, 1.165) is 16.9 Å². The molecule has 0 saturated heterocycles. The van der Waals surface area contributed by atoms with Crippen molar-refractivity contribution in [1.82, 2.24) is 4.98 Å². The minimum absolute atomic E-state index is 0.0173. The second kappa shape index (κ2) is 5.57. The lowest BCUT2D eigenvalue weighted by atomic mass is 10.2. The van der Waals surface area contributed by atoms with Crippen LogP contribution in [-0.2, 0) is 6.54 Å². The van der Waals surface area contributed by atoms with Crippen molar-refractivity contribution in [3.63, 3.8) is 0 Å². The van der Waals surface area contributed by atoms with E-state index >= 15 is 0 Å². The van der Waals surface area contributed by atoms with Gasteiger partial charge in [0.2, 0.25) is 0 Å². The van der Waals surface area contributed by atoms with E-state index < -0.39 is 11.8 Å². The summed E-state index contributed by atoms with van der Waals surface area (Å²) in [5, 5.41) is 3.44. The molecule has 7 nitrogen and oxygen atoms in total. The molecule has 2 aromatic rings. The van der Waals surface area contributed by atoms with Gasteiger partial charge in [-0.2, -0.15) is 0 Å².